The molecular formula is C25H25N5O5. The summed E-state index contributed by atoms with van der Waals surface area (Å²) in [5.74, 6) is -1.41. The van der Waals surface area contributed by atoms with Crippen LogP contribution in [-0.4, -0.2) is 51.2 Å². The van der Waals surface area contributed by atoms with Crippen molar-refractivity contribution in [3.8, 4) is 11.1 Å². The third-order valence-electron chi connectivity index (χ3n) is 5.69. The average Bonchev–Trinajstić information content (AvgIpc) is 3.43. The quantitative estimate of drug-likeness (QED) is 0.405. The van der Waals surface area contributed by atoms with Crippen LogP contribution in [0.1, 0.15) is 29.7 Å². The molecule has 0 fully saturated rings. The van der Waals surface area contributed by atoms with Crippen molar-refractivity contribution in [1.29, 1.82) is 0 Å². The van der Waals surface area contributed by atoms with Gasteiger partial charge in [-0.05, 0) is 29.2 Å². The number of nitrogens with one attached hydrogen (secondary N) is 2. The number of ether oxygens (including phenoxy) is 1. The fraction of sp³-hybridized carbons (Fsp3) is 0.240. The summed E-state index contributed by atoms with van der Waals surface area (Å²) >= 11 is 0. The van der Waals surface area contributed by atoms with E-state index in [9.17, 15) is 14.4 Å². The van der Waals surface area contributed by atoms with Crippen LogP contribution in [0.25, 0.3) is 11.1 Å². The lowest BCUT2D eigenvalue weighted by Gasteiger charge is -2.14. The van der Waals surface area contributed by atoms with Crippen molar-refractivity contribution in [3.63, 3.8) is 0 Å². The summed E-state index contributed by atoms with van der Waals surface area (Å²) in [6.07, 6.45) is 2.38. The van der Waals surface area contributed by atoms with Crippen molar-refractivity contribution in [2.24, 2.45) is 0 Å². The Kier molecular flexibility index (Phi) is 7.20. The van der Waals surface area contributed by atoms with E-state index in [0.717, 1.165) is 22.3 Å². The standard InChI is InChI=1S/C25H25N5O5/c1-16(24(32)33)10-11-26-23(31)14-30-13-17(28-29-30)12-27-25(34)35-15-22-20-8-4-2-6-18(20)19-7-3-5-9-21(19)22/h2-10,13,22H,11-12,14-15H2,1H3,(H,26,31)(H,27,34)(H,32,33)/b16-10+. The van der Waals surface area contributed by atoms with Crippen molar-refractivity contribution >= 4 is 18.0 Å². The number of aromatic nitrogens is 3. The number of nitrogens with zero attached hydrogens (tertiary/aromatic N) is 3. The number of alkyl carbamates (subject to hydrolysis) is 1. The molecule has 3 aromatic rings. The number of carbonyl (C=O) groups is 3. The van der Waals surface area contributed by atoms with E-state index < -0.39 is 12.1 Å². The van der Waals surface area contributed by atoms with Crippen LogP contribution in [-0.2, 0) is 27.4 Å². The molecule has 1 aromatic heterocycles. The number of fused-ring (bicyclic) bond motifs is 3. The molecule has 0 saturated carbocycles. The molecule has 35 heavy (non-hydrogen) atoms. The Bertz CT molecular complexity index is 1240. The van der Waals surface area contributed by atoms with Gasteiger partial charge in [-0.2, -0.15) is 0 Å². The Morgan fingerprint density at radius 3 is 2.37 bits per heavy atom. The Morgan fingerprint density at radius 1 is 1.06 bits per heavy atom. The van der Waals surface area contributed by atoms with Crippen LogP contribution >= 0.6 is 0 Å². The van der Waals surface area contributed by atoms with E-state index in [4.69, 9.17) is 9.84 Å². The van der Waals surface area contributed by atoms with Gasteiger partial charge in [0.25, 0.3) is 0 Å². The average molecular weight is 476 g/mol. The molecule has 4 rings (SSSR count). The minimum atomic E-state index is -1.04. The number of rotatable bonds is 9. The van der Waals surface area contributed by atoms with Crippen LogP contribution in [0.5, 0.6) is 0 Å². The summed E-state index contributed by atoms with van der Waals surface area (Å²) in [5, 5.41) is 21.8. The van der Waals surface area contributed by atoms with Crippen molar-refractivity contribution in [2.45, 2.75) is 25.9 Å². The van der Waals surface area contributed by atoms with Gasteiger partial charge in [-0.25, -0.2) is 14.3 Å². The zero-order chi connectivity index (χ0) is 24.8. The molecule has 0 aliphatic heterocycles. The number of benzene rings is 2. The molecule has 0 saturated heterocycles. The van der Waals surface area contributed by atoms with E-state index in [0.29, 0.717) is 5.69 Å². The number of carbonyl (C=O) groups excluding carboxylic acids is 2. The second-order valence-corrected chi connectivity index (χ2v) is 8.08. The fourth-order valence-electron chi connectivity index (χ4n) is 3.92. The Hall–Kier alpha value is -4.47. The molecule has 1 aliphatic rings. The molecule has 10 nitrogen and oxygen atoms in total. The number of hydrogen-bond acceptors (Lipinski definition) is 6. The molecule has 0 unspecified atom stereocenters. The van der Waals surface area contributed by atoms with Crippen molar-refractivity contribution in [1.82, 2.24) is 25.6 Å². The SMILES string of the molecule is C/C(=C\CNC(=O)Cn1cc(CNC(=O)OCC2c3ccccc3-c3ccccc32)nn1)C(=O)O. The zero-order valence-corrected chi connectivity index (χ0v) is 19.1. The largest absolute Gasteiger partial charge is 0.478 e. The molecule has 3 N–H and O–H groups in total. The number of carboxylic acids is 1. The minimum absolute atomic E-state index is 0.0262. The lowest BCUT2D eigenvalue weighted by molar-refractivity contribution is -0.132. The number of amides is 2. The molecule has 2 amide bonds. The Morgan fingerprint density at radius 2 is 1.71 bits per heavy atom. The normalized spacial score (nSPS) is 12.5. The van der Waals surface area contributed by atoms with Crippen LogP contribution in [0.3, 0.4) is 0 Å². The molecule has 0 atom stereocenters. The van der Waals surface area contributed by atoms with E-state index >= 15 is 0 Å². The van der Waals surface area contributed by atoms with E-state index in [1.54, 1.807) is 6.20 Å². The molecule has 180 valence electrons. The summed E-state index contributed by atoms with van der Waals surface area (Å²) in [7, 11) is 0. The van der Waals surface area contributed by atoms with Gasteiger partial charge in [-0.3, -0.25) is 4.79 Å². The monoisotopic (exact) mass is 475 g/mol. The van der Waals surface area contributed by atoms with Crippen LogP contribution in [0.4, 0.5) is 4.79 Å². The van der Waals surface area contributed by atoms with Gasteiger partial charge in [0.05, 0.1) is 12.7 Å². The number of carboxylic acid groups (broad SMARTS) is 1. The second-order valence-electron chi connectivity index (χ2n) is 8.08. The molecule has 0 radical (unpaired) electrons. The summed E-state index contributed by atoms with van der Waals surface area (Å²) in [5.41, 5.74) is 5.20. The highest BCUT2D eigenvalue weighted by atomic mass is 16.5. The lowest BCUT2D eigenvalue weighted by Crippen LogP contribution is -2.28. The summed E-state index contributed by atoms with van der Waals surface area (Å²) in [6, 6.07) is 16.2. The summed E-state index contributed by atoms with van der Waals surface area (Å²) in [6.45, 7) is 1.77. The van der Waals surface area contributed by atoms with Crippen LogP contribution in [0, 0.1) is 0 Å². The predicted octanol–water partition coefficient (Wildman–Crippen LogP) is 2.46. The number of hydrogen-bond donors (Lipinski definition) is 3. The fourth-order valence-corrected chi connectivity index (χ4v) is 3.92. The van der Waals surface area contributed by atoms with Crippen molar-refractivity contribution < 1.29 is 24.2 Å². The van der Waals surface area contributed by atoms with Crippen LogP contribution in [0.15, 0.2) is 66.4 Å². The summed E-state index contributed by atoms with van der Waals surface area (Å²) < 4.78 is 6.83. The highest BCUT2D eigenvalue weighted by Crippen LogP contribution is 2.44. The smallest absolute Gasteiger partial charge is 0.407 e. The molecule has 2 aromatic carbocycles. The van der Waals surface area contributed by atoms with Gasteiger partial charge in [0.15, 0.2) is 0 Å². The first-order chi connectivity index (χ1) is 16.9. The van der Waals surface area contributed by atoms with E-state index in [-0.39, 0.29) is 43.6 Å². The first-order valence-corrected chi connectivity index (χ1v) is 11.1. The molecule has 10 heteroatoms. The van der Waals surface area contributed by atoms with E-state index in [1.807, 2.05) is 24.3 Å². The van der Waals surface area contributed by atoms with Gasteiger partial charge in [-0.1, -0.05) is 59.8 Å². The Labute approximate surface area is 201 Å². The topological polar surface area (TPSA) is 135 Å². The first-order valence-electron chi connectivity index (χ1n) is 11.1. The minimum Gasteiger partial charge on any atom is -0.478 e. The maximum Gasteiger partial charge on any atom is 0.407 e. The van der Waals surface area contributed by atoms with Gasteiger partial charge < -0.3 is 20.5 Å². The van der Waals surface area contributed by atoms with Crippen LogP contribution < -0.4 is 10.6 Å². The third kappa shape index (κ3) is 5.72. The zero-order valence-electron chi connectivity index (χ0n) is 19.1. The molecule has 1 heterocycles. The van der Waals surface area contributed by atoms with Gasteiger partial charge in [0, 0.05) is 18.0 Å². The molecule has 0 bridgehead atoms. The first kappa shape index (κ1) is 23.7. The second kappa shape index (κ2) is 10.6. The molecular weight excluding hydrogens is 450 g/mol. The third-order valence-corrected chi connectivity index (χ3v) is 5.69. The van der Waals surface area contributed by atoms with E-state index in [2.05, 4.69) is 45.2 Å². The van der Waals surface area contributed by atoms with Gasteiger partial charge in [0.2, 0.25) is 5.91 Å². The van der Waals surface area contributed by atoms with Gasteiger partial charge in [-0.15, -0.1) is 5.10 Å². The van der Waals surface area contributed by atoms with Crippen molar-refractivity contribution in [2.75, 3.05) is 13.2 Å². The maximum atomic E-state index is 12.3. The van der Waals surface area contributed by atoms with Gasteiger partial charge >= 0.3 is 12.1 Å². The predicted molar refractivity (Wildman–Crippen MR) is 126 cm³/mol. The maximum absolute atomic E-state index is 12.3. The Balaban J connectivity index is 1.24. The highest BCUT2D eigenvalue weighted by molar-refractivity contribution is 5.86. The highest BCUT2D eigenvalue weighted by Gasteiger charge is 2.29. The lowest BCUT2D eigenvalue weighted by atomic mass is 9.98. The summed E-state index contributed by atoms with van der Waals surface area (Å²) in [4.78, 5) is 35.0. The van der Waals surface area contributed by atoms with Crippen molar-refractivity contribution in [3.05, 3.63) is 83.2 Å². The molecule has 1 aliphatic carbocycles. The number of aliphatic carboxylic acids is 1. The van der Waals surface area contributed by atoms with Gasteiger partial charge in [0.1, 0.15) is 18.8 Å². The van der Waals surface area contributed by atoms with E-state index in [1.165, 1.54) is 17.7 Å². The molecule has 0 spiro atoms. The van der Waals surface area contributed by atoms with Crippen LogP contribution in [0.2, 0.25) is 0 Å².